The number of hydrogen-bond donors (Lipinski definition) is 1. The molecule has 3 amide bonds. The van der Waals surface area contributed by atoms with Crippen LogP contribution in [-0.4, -0.2) is 77.0 Å². The molecule has 0 aromatic rings. The van der Waals surface area contributed by atoms with E-state index in [2.05, 4.69) is 0 Å². The van der Waals surface area contributed by atoms with Gasteiger partial charge in [-0.2, -0.15) is 0 Å². The first kappa shape index (κ1) is 18.2. The number of nitrogens with zero attached hydrogens (tertiary/aromatic N) is 3. The standard InChI is InChI=1S/C13H25N3O4/c1-7-15(9-10(17)14(5)6)12(20)16(8-2)13(3,4)11(18)19/h7-9H2,1-6H3,(H,18,19). The molecule has 1 N–H and O–H groups in total. The van der Waals surface area contributed by atoms with Gasteiger partial charge in [0.2, 0.25) is 5.91 Å². The molecule has 0 heterocycles. The molecule has 116 valence electrons. The van der Waals surface area contributed by atoms with Gasteiger partial charge in [0, 0.05) is 27.2 Å². The molecule has 0 aliphatic carbocycles. The lowest BCUT2D eigenvalue weighted by atomic mass is 10.0. The van der Waals surface area contributed by atoms with Crippen molar-refractivity contribution in [1.82, 2.24) is 14.7 Å². The number of carboxylic acid groups (broad SMARTS) is 1. The minimum Gasteiger partial charge on any atom is -0.480 e. The summed E-state index contributed by atoms with van der Waals surface area (Å²) in [6.45, 7) is 6.94. The summed E-state index contributed by atoms with van der Waals surface area (Å²) in [5.74, 6) is -1.29. The summed E-state index contributed by atoms with van der Waals surface area (Å²) in [4.78, 5) is 39.4. The van der Waals surface area contributed by atoms with Crippen LogP contribution in [0.4, 0.5) is 4.79 Å². The summed E-state index contributed by atoms with van der Waals surface area (Å²) < 4.78 is 0. The van der Waals surface area contributed by atoms with Crippen LogP contribution in [0.1, 0.15) is 27.7 Å². The van der Waals surface area contributed by atoms with Crippen LogP contribution in [0, 0.1) is 0 Å². The molecule has 20 heavy (non-hydrogen) atoms. The first-order valence-electron chi connectivity index (χ1n) is 6.59. The van der Waals surface area contributed by atoms with Crippen molar-refractivity contribution in [3.05, 3.63) is 0 Å². The maximum atomic E-state index is 12.4. The van der Waals surface area contributed by atoms with Crippen LogP contribution in [0.5, 0.6) is 0 Å². The lowest BCUT2D eigenvalue weighted by Crippen LogP contribution is -2.57. The summed E-state index contributed by atoms with van der Waals surface area (Å²) in [6.07, 6.45) is 0. The van der Waals surface area contributed by atoms with Gasteiger partial charge < -0.3 is 19.8 Å². The Labute approximate surface area is 120 Å². The lowest BCUT2D eigenvalue weighted by molar-refractivity contribution is -0.147. The van der Waals surface area contributed by atoms with Gasteiger partial charge in [-0.25, -0.2) is 9.59 Å². The number of carbonyl (C=O) groups excluding carboxylic acids is 2. The van der Waals surface area contributed by atoms with E-state index in [-0.39, 0.29) is 19.0 Å². The van der Waals surface area contributed by atoms with Gasteiger partial charge in [0.25, 0.3) is 0 Å². The smallest absolute Gasteiger partial charge is 0.329 e. The minimum atomic E-state index is -1.32. The van der Waals surface area contributed by atoms with Gasteiger partial charge in [0.15, 0.2) is 0 Å². The van der Waals surface area contributed by atoms with Crippen LogP contribution in [-0.2, 0) is 9.59 Å². The van der Waals surface area contributed by atoms with E-state index in [0.29, 0.717) is 6.54 Å². The Morgan fingerprint density at radius 3 is 1.85 bits per heavy atom. The number of carbonyl (C=O) groups is 3. The molecule has 0 aromatic heterocycles. The molecule has 0 aromatic carbocycles. The van der Waals surface area contributed by atoms with E-state index < -0.39 is 17.5 Å². The normalized spacial score (nSPS) is 10.9. The average molecular weight is 287 g/mol. The Balaban J connectivity index is 5.15. The molecule has 0 spiro atoms. The predicted molar refractivity (Wildman–Crippen MR) is 75.4 cm³/mol. The summed E-state index contributed by atoms with van der Waals surface area (Å²) >= 11 is 0. The van der Waals surface area contributed by atoms with Crippen molar-refractivity contribution >= 4 is 17.9 Å². The molecule has 0 rings (SSSR count). The number of carboxylic acids is 1. The molecular weight excluding hydrogens is 262 g/mol. The van der Waals surface area contributed by atoms with Gasteiger partial charge >= 0.3 is 12.0 Å². The highest BCUT2D eigenvalue weighted by Crippen LogP contribution is 2.17. The van der Waals surface area contributed by atoms with Crippen molar-refractivity contribution in [3.8, 4) is 0 Å². The van der Waals surface area contributed by atoms with Gasteiger partial charge in [0.05, 0.1) is 0 Å². The van der Waals surface area contributed by atoms with E-state index in [4.69, 9.17) is 0 Å². The Morgan fingerprint density at radius 2 is 1.55 bits per heavy atom. The SMILES string of the molecule is CCN(CC(=O)N(C)C)C(=O)N(CC)C(C)(C)C(=O)O. The third-order valence-electron chi connectivity index (χ3n) is 3.22. The molecule has 0 fully saturated rings. The van der Waals surface area contributed by atoms with E-state index in [0.717, 1.165) is 0 Å². The van der Waals surface area contributed by atoms with Crippen LogP contribution in [0.2, 0.25) is 0 Å². The summed E-state index contributed by atoms with van der Waals surface area (Å²) in [7, 11) is 3.22. The summed E-state index contributed by atoms with van der Waals surface area (Å²) in [6, 6.07) is -0.447. The Bertz CT molecular complexity index is 380. The maximum Gasteiger partial charge on any atom is 0.329 e. The third-order valence-corrected chi connectivity index (χ3v) is 3.22. The Morgan fingerprint density at radius 1 is 1.05 bits per heavy atom. The number of rotatable bonds is 6. The number of aliphatic carboxylic acids is 1. The molecular formula is C13H25N3O4. The zero-order chi connectivity index (χ0) is 16.1. The van der Waals surface area contributed by atoms with Crippen LogP contribution in [0.25, 0.3) is 0 Å². The predicted octanol–water partition coefficient (Wildman–Crippen LogP) is 0.702. The summed E-state index contributed by atoms with van der Waals surface area (Å²) in [5, 5.41) is 9.23. The molecule has 0 atom stereocenters. The topological polar surface area (TPSA) is 81.2 Å². The zero-order valence-corrected chi connectivity index (χ0v) is 13.1. The van der Waals surface area contributed by atoms with Gasteiger partial charge in [-0.05, 0) is 27.7 Å². The minimum absolute atomic E-state index is 0.0610. The van der Waals surface area contributed by atoms with Crippen LogP contribution in [0.15, 0.2) is 0 Å². The highest BCUT2D eigenvalue weighted by molar-refractivity contribution is 5.88. The first-order chi connectivity index (χ1) is 9.09. The quantitative estimate of drug-likeness (QED) is 0.780. The van der Waals surface area contributed by atoms with Crippen LogP contribution >= 0.6 is 0 Å². The zero-order valence-electron chi connectivity index (χ0n) is 13.1. The maximum absolute atomic E-state index is 12.4. The Kier molecular flexibility index (Phi) is 6.48. The average Bonchev–Trinajstić information content (AvgIpc) is 2.35. The van der Waals surface area contributed by atoms with Crippen LogP contribution in [0.3, 0.4) is 0 Å². The highest BCUT2D eigenvalue weighted by Gasteiger charge is 2.38. The van der Waals surface area contributed by atoms with Crippen molar-refractivity contribution < 1.29 is 19.5 Å². The largest absolute Gasteiger partial charge is 0.480 e. The second-order valence-electron chi connectivity index (χ2n) is 5.19. The third kappa shape index (κ3) is 4.11. The second kappa shape index (κ2) is 7.12. The van der Waals surface area contributed by atoms with Gasteiger partial charge in [-0.1, -0.05) is 0 Å². The van der Waals surface area contributed by atoms with E-state index in [9.17, 15) is 19.5 Å². The number of hydrogen-bond acceptors (Lipinski definition) is 3. The monoisotopic (exact) mass is 287 g/mol. The summed E-state index contributed by atoms with van der Waals surface area (Å²) in [5.41, 5.74) is -1.32. The number of likely N-dealkylation sites (N-methyl/N-ethyl adjacent to an activating group) is 3. The van der Waals surface area contributed by atoms with Gasteiger partial charge in [0.1, 0.15) is 12.1 Å². The van der Waals surface area contributed by atoms with Crippen molar-refractivity contribution in [2.45, 2.75) is 33.2 Å². The molecule has 0 bridgehead atoms. The molecule has 0 aliphatic heterocycles. The van der Waals surface area contributed by atoms with Crippen molar-refractivity contribution in [2.75, 3.05) is 33.7 Å². The molecule has 7 nitrogen and oxygen atoms in total. The van der Waals surface area contributed by atoms with E-state index in [1.807, 2.05) is 0 Å². The van der Waals surface area contributed by atoms with Crippen molar-refractivity contribution in [3.63, 3.8) is 0 Å². The van der Waals surface area contributed by atoms with Crippen molar-refractivity contribution in [1.29, 1.82) is 0 Å². The fraction of sp³-hybridized carbons (Fsp3) is 0.769. The molecule has 0 saturated carbocycles. The molecule has 0 radical (unpaired) electrons. The Hall–Kier alpha value is -1.79. The molecule has 7 heteroatoms. The fourth-order valence-corrected chi connectivity index (χ4v) is 1.68. The molecule has 0 saturated heterocycles. The fourth-order valence-electron chi connectivity index (χ4n) is 1.68. The highest BCUT2D eigenvalue weighted by atomic mass is 16.4. The number of urea groups is 1. The van der Waals surface area contributed by atoms with E-state index >= 15 is 0 Å². The second-order valence-corrected chi connectivity index (χ2v) is 5.19. The van der Waals surface area contributed by atoms with E-state index in [1.54, 1.807) is 27.9 Å². The number of amides is 3. The molecule has 0 aliphatic rings. The van der Waals surface area contributed by atoms with Crippen molar-refractivity contribution in [2.24, 2.45) is 0 Å². The lowest BCUT2D eigenvalue weighted by Gasteiger charge is -2.37. The van der Waals surface area contributed by atoms with Crippen LogP contribution < -0.4 is 0 Å². The first-order valence-corrected chi connectivity index (χ1v) is 6.59. The van der Waals surface area contributed by atoms with Gasteiger partial charge in [-0.15, -0.1) is 0 Å². The van der Waals surface area contributed by atoms with Gasteiger partial charge in [-0.3, -0.25) is 4.79 Å². The molecule has 0 unspecified atom stereocenters. The van der Waals surface area contributed by atoms with E-state index in [1.165, 1.54) is 28.5 Å².